The van der Waals surface area contributed by atoms with Crippen LogP contribution in [0.1, 0.15) is 0 Å². The maximum atomic E-state index is 4.09. The fourth-order valence-electron chi connectivity index (χ4n) is 1.06. The molecule has 0 saturated carbocycles. The number of likely N-dealkylation sites (N-methyl/N-ethyl adjacent to an activating group) is 3. The summed E-state index contributed by atoms with van der Waals surface area (Å²) >= 11 is 0. The van der Waals surface area contributed by atoms with E-state index in [-0.39, 0.29) is 56.6 Å². The molecule has 0 aromatic carbocycles. The molecule has 0 fully saturated rings. The third-order valence-electron chi connectivity index (χ3n) is 1.92. The average Bonchev–Trinajstić information content (AvgIpc) is 2.17. The Labute approximate surface area is 137 Å². The number of rotatable bonds is 9. The normalized spacial score (nSPS) is 9.00. The van der Waals surface area contributed by atoms with Crippen molar-refractivity contribution >= 4 is 0 Å². The minimum atomic E-state index is 0. The topological polar surface area (TPSA) is 45.5 Å². The first kappa shape index (κ1) is 26.2. The fraction of sp³-hybridized carbons (Fsp3) is 1.00. The van der Waals surface area contributed by atoms with Gasteiger partial charge in [-0.05, 0) is 19.6 Å². The molecular formula is C9H21Li3N4. The molecule has 0 aromatic heterocycles. The maximum absolute atomic E-state index is 4.09. The standard InChI is InChI=1S/C9H21N4.3Li/c1-10-4-7-13(8-5-11-2)9-6-12-3;;;/h4-9H2,1-3H3;;;/q-3;3*+1. The summed E-state index contributed by atoms with van der Waals surface area (Å²) in [5.74, 6) is 0. The molecule has 0 bridgehead atoms. The van der Waals surface area contributed by atoms with Crippen molar-refractivity contribution in [3.05, 3.63) is 16.0 Å². The molecule has 0 heterocycles. The van der Waals surface area contributed by atoms with Crippen molar-refractivity contribution in [2.45, 2.75) is 0 Å². The van der Waals surface area contributed by atoms with Gasteiger partial charge in [0.2, 0.25) is 0 Å². The first-order chi connectivity index (χ1) is 6.35. The molecule has 16 heavy (non-hydrogen) atoms. The minimum Gasteiger partial charge on any atom is -0.664 e. The van der Waals surface area contributed by atoms with Gasteiger partial charge >= 0.3 is 56.6 Å². The van der Waals surface area contributed by atoms with E-state index in [1.165, 1.54) is 0 Å². The van der Waals surface area contributed by atoms with E-state index in [1.807, 2.05) is 21.1 Å². The van der Waals surface area contributed by atoms with E-state index >= 15 is 0 Å². The molecular weight excluding hydrogens is 185 g/mol. The van der Waals surface area contributed by atoms with E-state index in [1.54, 1.807) is 0 Å². The summed E-state index contributed by atoms with van der Waals surface area (Å²) in [7, 11) is 5.56. The quantitative estimate of drug-likeness (QED) is 0.346. The second-order valence-corrected chi connectivity index (χ2v) is 2.96. The van der Waals surface area contributed by atoms with Gasteiger partial charge in [0, 0.05) is 0 Å². The summed E-state index contributed by atoms with van der Waals surface area (Å²) in [6.45, 7) is 5.82. The van der Waals surface area contributed by atoms with Crippen LogP contribution in [0.5, 0.6) is 0 Å². The third kappa shape index (κ3) is 18.0. The average molecular weight is 206 g/mol. The van der Waals surface area contributed by atoms with Crippen molar-refractivity contribution in [1.29, 1.82) is 0 Å². The molecule has 0 saturated heterocycles. The summed E-state index contributed by atoms with van der Waals surface area (Å²) in [6.07, 6.45) is 0. The van der Waals surface area contributed by atoms with E-state index in [2.05, 4.69) is 20.9 Å². The van der Waals surface area contributed by atoms with Gasteiger partial charge in [0.25, 0.3) is 0 Å². The third-order valence-corrected chi connectivity index (χ3v) is 1.92. The van der Waals surface area contributed by atoms with Crippen LogP contribution in [0.25, 0.3) is 16.0 Å². The second-order valence-electron chi connectivity index (χ2n) is 2.96. The molecule has 0 aliphatic rings. The smallest absolute Gasteiger partial charge is 0.664 e. The van der Waals surface area contributed by atoms with Gasteiger partial charge < -0.3 is 20.9 Å². The molecule has 0 aliphatic heterocycles. The van der Waals surface area contributed by atoms with Gasteiger partial charge in [-0.1, -0.05) is 0 Å². The summed E-state index contributed by atoms with van der Waals surface area (Å²) in [6, 6.07) is 0. The zero-order valence-electron chi connectivity index (χ0n) is 12.0. The van der Waals surface area contributed by atoms with E-state index in [0.29, 0.717) is 0 Å². The van der Waals surface area contributed by atoms with Crippen LogP contribution < -0.4 is 56.6 Å². The van der Waals surface area contributed by atoms with Crippen LogP contribution >= 0.6 is 0 Å². The van der Waals surface area contributed by atoms with Gasteiger partial charge in [0.1, 0.15) is 0 Å². The number of nitrogens with zero attached hydrogens (tertiary/aromatic N) is 4. The maximum Gasteiger partial charge on any atom is 1.00 e. The Bertz CT molecular complexity index is 89.7. The molecule has 0 N–H and O–H groups in total. The molecule has 0 spiro atoms. The van der Waals surface area contributed by atoms with Crippen molar-refractivity contribution in [2.75, 3.05) is 60.4 Å². The molecule has 4 nitrogen and oxygen atoms in total. The molecule has 7 heteroatoms. The van der Waals surface area contributed by atoms with E-state index in [0.717, 1.165) is 39.3 Å². The van der Waals surface area contributed by atoms with Crippen LogP contribution in [0, 0.1) is 0 Å². The van der Waals surface area contributed by atoms with Crippen molar-refractivity contribution in [2.24, 2.45) is 0 Å². The first-order valence-electron chi connectivity index (χ1n) is 4.74. The van der Waals surface area contributed by atoms with Crippen molar-refractivity contribution in [1.82, 2.24) is 4.90 Å². The second kappa shape index (κ2) is 21.9. The monoisotopic (exact) mass is 206 g/mol. The van der Waals surface area contributed by atoms with E-state index in [9.17, 15) is 0 Å². The first-order valence-corrected chi connectivity index (χ1v) is 4.74. The summed E-state index contributed by atoms with van der Waals surface area (Å²) in [5, 5.41) is 12.3. The van der Waals surface area contributed by atoms with Crippen LogP contribution in [-0.4, -0.2) is 65.3 Å². The van der Waals surface area contributed by atoms with Gasteiger partial charge in [-0.3, -0.25) is 0 Å². The van der Waals surface area contributed by atoms with Crippen LogP contribution in [0.3, 0.4) is 0 Å². The molecule has 0 aliphatic carbocycles. The molecule has 80 valence electrons. The van der Waals surface area contributed by atoms with Crippen LogP contribution in [-0.2, 0) is 0 Å². The van der Waals surface area contributed by atoms with Crippen molar-refractivity contribution in [3.63, 3.8) is 0 Å². The molecule has 0 unspecified atom stereocenters. The van der Waals surface area contributed by atoms with Crippen LogP contribution in [0.4, 0.5) is 0 Å². The Morgan fingerprint density at radius 2 is 0.875 bits per heavy atom. The van der Waals surface area contributed by atoms with Gasteiger partial charge in [-0.25, -0.2) is 0 Å². The van der Waals surface area contributed by atoms with Crippen molar-refractivity contribution in [3.8, 4) is 0 Å². The zero-order valence-corrected chi connectivity index (χ0v) is 12.0. The Morgan fingerprint density at radius 1 is 0.625 bits per heavy atom. The Morgan fingerprint density at radius 3 is 1.06 bits per heavy atom. The fourth-order valence-corrected chi connectivity index (χ4v) is 1.06. The number of hydrogen-bond acceptors (Lipinski definition) is 1. The summed E-state index contributed by atoms with van der Waals surface area (Å²) in [5.41, 5.74) is 0. The summed E-state index contributed by atoms with van der Waals surface area (Å²) in [4.78, 5) is 2.35. The molecule has 0 radical (unpaired) electrons. The van der Waals surface area contributed by atoms with Crippen LogP contribution in [0.2, 0.25) is 0 Å². The molecule has 0 amide bonds. The van der Waals surface area contributed by atoms with Gasteiger partial charge in [0.05, 0.1) is 0 Å². The Hall–Kier alpha value is 1.63. The zero-order chi connectivity index (χ0) is 9.94. The SMILES string of the molecule is C[N-]CCN(CC[N-]C)CC[N-]C.[Li+].[Li+].[Li+]. The summed E-state index contributed by atoms with van der Waals surface area (Å²) < 4.78 is 0. The minimum absolute atomic E-state index is 0. The van der Waals surface area contributed by atoms with Gasteiger partial charge in [-0.2, -0.15) is 21.1 Å². The van der Waals surface area contributed by atoms with Gasteiger partial charge in [-0.15, -0.1) is 19.6 Å². The Kier molecular flexibility index (Phi) is 35.9. The van der Waals surface area contributed by atoms with E-state index in [4.69, 9.17) is 0 Å². The van der Waals surface area contributed by atoms with Gasteiger partial charge in [0.15, 0.2) is 0 Å². The molecule has 0 aromatic rings. The van der Waals surface area contributed by atoms with Crippen molar-refractivity contribution < 1.29 is 56.6 Å². The predicted molar refractivity (Wildman–Crippen MR) is 58.9 cm³/mol. The molecule has 0 rings (SSSR count). The van der Waals surface area contributed by atoms with Crippen LogP contribution in [0.15, 0.2) is 0 Å². The Balaban J connectivity index is -0.000000240. The molecule has 0 atom stereocenters. The number of hydrogen-bond donors (Lipinski definition) is 0. The van der Waals surface area contributed by atoms with E-state index < -0.39 is 0 Å². The predicted octanol–water partition coefficient (Wildman–Crippen LogP) is -7.69. The largest absolute Gasteiger partial charge is 1.00 e.